The molecular weight excluding hydrogens is 360 g/mol. The van der Waals surface area contributed by atoms with Crippen LogP contribution in [-0.2, 0) is 9.53 Å². The molecule has 1 saturated heterocycles. The van der Waals surface area contributed by atoms with E-state index >= 15 is 0 Å². The van der Waals surface area contributed by atoms with E-state index in [0.29, 0.717) is 12.8 Å². The first-order chi connectivity index (χ1) is 14.1. The van der Waals surface area contributed by atoms with Crippen LogP contribution in [0.5, 0.6) is 0 Å². The van der Waals surface area contributed by atoms with Crippen LogP contribution < -0.4 is 0 Å². The van der Waals surface area contributed by atoms with Crippen molar-refractivity contribution in [1.29, 1.82) is 0 Å². The van der Waals surface area contributed by atoms with Crippen molar-refractivity contribution in [2.75, 3.05) is 0 Å². The maximum Gasteiger partial charge on any atom is 0.169 e. The van der Waals surface area contributed by atoms with Crippen molar-refractivity contribution in [1.82, 2.24) is 0 Å². The average molecular weight is 389 g/mol. The van der Waals surface area contributed by atoms with Crippen LogP contribution in [-0.4, -0.2) is 16.7 Å². The van der Waals surface area contributed by atoms with Gasteiger partial charge in [0.25, 0.3) is 0 Å². The monoisotopic (exact) mass is 388 g/mol. The third kappa shape index (κ3) is 3.17. The molecule has 3 heteroatoms. The summed E-state index contributed by atoms with van der Waals surface area (Å²) in [6.07, 6.45) is 7.61. The fourth-order valence-electron chi connectivity index (χ4n) is 5.73. The highest BCUT2D eigenvalue weighted by molar-refractivity contribution is 6.06. The number of hydrogen-bond acceptors (Lipinski definition) is 3. The highest BCUT2D eigenvalue weighted by atomic mass is 16.6. The van der Waals surface area contributed by atoms with Crippen molar-refractivity contribution in [3.63, 3.8) is 0 Å². The molecule has 2 aromatic carbocycles. The zero-order valence-electron chi connectivity index (χ0n) is 16.7. The Kier molecular flexibility index (Phi) is 4.68. The van der Waals surface area contributed by atoms with Gasteiger partial charge in [-0.1, -0.05) is 67.1 Å². The number of aliphatic hydroxyl groups is 1. The summed E-state index contributed by atoms with van der Waals surface area (Å²) in [5, 5.41) is 11.3. The minimum absolute atomic E-state index is 0.0382. The van der Waals surface area contributed by atoms with Crippen LogP contribution in [0.15, 0.2) is 66.2 Å². The zero-order chi connectivity index (χ0) is 19.9. The Hall–Kier alpha value is -2.23. The molecule has 3 fully saturated rings. The van der Waals surface area contributed by atoms with Crippen LogP contribution in [0.4, 0.5) is 0 Å². The Bertz CT molecular complexity index is 919. The topological polar surface area (TPSA) is 46.5 Å². The molecule has 2 aromatic rings. The van der Waals surface area contributed by atoms with Gasteiger partial charge in [-0.15, -0.1) is 0 Å². The molecule has 0 bridgehead atoms. The molecule has 1 aliphatic heterocycles. The summed E-state index contributed by atoms with van der Waals surface area (Å²) in [6, 6.07) is 20.1. The molecule has 0 aromatic heterocycles. The number of carbonyl (C=O) groups is 1. The number of fused-ring (bicyclic) bond motifs is 1. The van der Waals surface area contributed by atoms with Gasteiger partial charge in [0.15, 0.2) is 11.6 Å². The SMILES string of the molecule is O=C1/C(=C/c2ccccc2)CC[C@@]12C[C@H]1CCCC[C@]1(O)O[C@@H]2c1ccccc1. The van der Waals surface area contributed by atoms with Crippen molar-refractivity contribution in [3.8, 4) is 0 Å². The van der Waals surface area contributed by atoms with E-state index < -0.39 is 17.3 Å². The van der Waals surface area contributed by atoms with Gasteiger partial charge < -0.3 is 9.84 Å². The third-order valence-electron chi connectivity index (χ3n) is 7.24. The van der Waals surface area contributed by atoms with Crippen LogP contribution in [0.3, 0.4) is 0 Å². The predicted octanol–water partition coefficient (Wildman–Crippen LogP) is 5.46. The van der Waals surface area contributed by atoms with Gasteiger partial charge in [0.2, 0.25) is 0 Å². The van der Waals surface area contributed by atoms with E-state index in [1.54, 1.807) is 0 Å². The fraction of sp³-hybridized carbons (Fsp3) is 0.423. The van der Waals surface area contributed by atoms with Gasteiger partial charge in [-0.3, -0.25) is 4.79 Å². The lowest BCUT2D eigenvalue weighted by Gasteiger charge is -2.53. The molecule has 0 amide bonds. The molecule has 1 N–H and O–H groups in total. The van der Waals surface area contributed by atoms with E-state index in [9.17, 15) is 9.90 Å². The molecule has 1 heterocycles. The summed E-state index contributed by atoms with van der Waals surface area (Å²) in [6.45, 7) is 0. The van der Waals surface area contributed by atoms with Gasteiger partial charge in [-0.05, 0) is 54.9 Å². The van der Waals surface area contributed by atoms with E-state index in [2.05, 4.69) is 0 Å². The molecule has 3 nitrogen and oxygen atoms in total. The van der Waals surface area contributed by atoms with Gasteiger partial charge in [-0.2, -0.15) is 0 Å². The smallest absolute Gasteiger partial charge is 0.169 e. The lowest BCUT2D eigenvalue weighted by Crippen LogP contribution is -2.55. The van der Waals surface area contributed by atoms with Gasteiger partial charge >= 0.3 is 0 Å². The number of allylic oxidation sites excluding steroid dienone is 1. The van der Waals surface area contributed by atoms with Crippen LogP contribution in [0.25, 0.3) is 6.08 Å². The Morgan fingerprint density at radius 1 is 0.966 bits per heavy atom. The van der Waals surface area contributed by atoms with E-state index in [1.165, 1.54) is 0 Å². The lowest BCUT2D eigenvalue weighted by atomic mass is 9.63. The summed E-state index contributed by atoms with van der Waals surface area (Å²) in [7, 11) is 0. The summed E-state index contributed by atoms with van der Waals surface area (Å²) in [5.41, 5.74) is 2.38. The molecule has 4 atom stereocenters. The van der Waals surface area contributed by atoms with Crippen LogP contribution in [0.1, 0.15) is 62.2 Å². The van der Waals surface area contributed by atoms with Gasteiger partial charge in [0.05, 0.1) is 11.5 Å². The van der Waals surface area contributed by atoms with Gasteiger partial charge in [-0.25, -0.2) is 0 Å². The number of ether oxygens (including phenoxy) is 1. The third-order valence-corrected chi connectivity index (χ3v) is 7.24. The normalized spacial score (nSPS) is 35.8. The lowest BCUT2D eigenvalue weighted by molar-refractivity contribution is -0.323. The van der Waals surface area contributed by atoms with Crippen molar-refractivity contribution in [3.05, 3.63) is 77.4 Å². The van der Waals surface area contributed by atoms with Crippen molar-refractivity contribution in [2.45, 2.75) is 56.8 Å². The molecule has 3 aliphatic rings. The first-order valence-corrected chi connectivity index (χ1v) is 10.9. The van der Waals surface area contributed by atoms with Crippen molar-refractivity contribution in [2.24, 2.45) is 11.3 Å². The van der Waals surface area contributed by atoms with Crippen LogP contribution >= 0.6 is 0 Å². The first kappa shape index (κ1) is 18.8. The quantitative estimate of drug-likeness (QED) is 0.695. The van der Waals surface area contributed by atoms with E-state index in [4.69, 9.17) is 4.74 Å². The molecule has 2 saturated carbocycles. The Morgan fingerprint density at radius 3 is 2.45 bits per heavy atom. The largest absolute Gasteiger partial charge is 0.365 e. The number of Topliss-reactive ketones (excluding diaryl/α,β-unsaturated/α-hetero) is 1. The van der Waals surface area contributed by atoms with E-state index in [-0.39, 0.29) is 11.7 Å². The Balaban J connectivity index is 1.55. The highest BCUT2D eigenvalue weighted by Gasteiger charge is 2.61. The standard InChI is InChI=1S/C26H28O3/c27-23-21(17-19-9-3-1-4-10-19)14-16-25(23)18-22-13-7-8-15-26(22,28)29-24(25)20-11-5-2-6-12-20/h1-6,9-12,17,22,24,28H,7-8,13-16,18H2/b21-17+/t22-,24-,25-,26+/m1/s1. The number of ketones is 1. The summed E-state index contributed by atoms with van der Waals surface area (Å²) < 4.78 is 6.48. The summed E-state index contributed by atoms with van der Waals surface area (Å²) >= 11 is 0. The number of carbonyl (C=O) groups excluding carboxylic acids is 1. The molecule has 5 rings (SSSR count). The molecule has 29 heavy (non-hydrogen) atoms. The van der Waals surface area contributed by atoms with E-state index in [0.717, 1.165) is 48.8 Å². The Morgan fingerprint density at radius 2 is 1.69 bits per heavy atom. The molecule has 150 valence electrons. The highest BCUT2D eigenvalue weighted by Crippen LogP contribution is 2.60. The number of hydrogen-bond donors (Lipinski definition) is 1. The minimum Gasteiger partial charge on any atom is -0.365 e. The second-order valence-corrected chi connectivity index (χ2v) is 8.97. The van der Waals surface area contributed by atoms with E-state index in [1.807, 2.05) is 66.7 Å². The molecule has 0 unspecified atom stereocenters. The van der Waals surface area contributed by atoms with Crippen molar-refractivity contribution < 1.29 is 14.6 Å². The molecule has 0 radical (unpaired) electrons. The average Bonchev–Trinajstić information content (AvgIpc) is 3.05. The molecule has 1 spiro atoms. The van der Waals surface area contributed by atoms with Crippen molar-refractivity contribution >= 4 is 11.9 Å². The maximum atomic E-state index is 13.8. The second kappa shape index (κ2) is 7.23. The first-order valence-electron chi connectivity index (χ1n) is 10.9. The maximum absolute atomic E-state index is 13.8. The summed E-state index contributed by atoms with van der Waals surface area (Å²) in [5.74, 6) is -0.852. The number of benzene rings is 2. The van der Waals surface area contributed by atoms with Crippen LogP contribution in [0.2, 0.25) is 0 Å². The summed E-state index contributed by atoms with van der Waals surface area (Å²) in [4.78, 5) is 13.8. The minimum atomic E-state index is -1.10. The van der Waals surface area contributed by atoms with Gasteiger partial charge in [0, 0.05) is 12.3 Å². The molecular formula is C26H28O3. The molecule has 2 aliphatic carbocycles. The fourth-order valence-corrected chi connectivity index (χ4v) is 5.73. The number of rotatable bonds is 2. The zero-order valence-corrected chi connectivity index (χ0v) is 16.7. The van der Waals surface area contributed by atoms with Crippen LogP contribution in [0, 0.1) is 11.3 Å². The van der Waals surface area contributed by atoms with Gasteiger partial charge in [0.1, 0.15) is 0 Å². The second-order valence-electron chi connectivity index (χ2n) is 8.97. The predicted molar refractivity (Wildman–Crippen MR) is 113 cm³/mol. The Labute approximate surface area is 172 Å².